The van der Waals surface area contributed by atoms with Gasteiger partial charge in [-0.3, -0.25) is 9.78 Å². The highest BCUT2D eigenvalue weighted by molar-refractivity contribution is 7.80. The predicted molar refractivity (Wildman–Crippen MR) is 171 cm³/mol. The molecule has 2 aromatic heterocycles. The number of nitrogens with two attached hydrogens (primary N) is 1. The van der Waals surface area contributed by atoms with Crippen LogP contribution in [0.25, 0.3) is 28.5 Å². The van der Waals surface area contributed by atoms with Crippen LogP contribution in [0.15, 0.2) is 73.1 Å². The number of thiocarbonyl (C=S) groups is 1. The highest BCUT2D eigenvalue weighted by Crippen LogP contribution is 2.43. The lowest BCUT2D eigenvalue weighted by atomic mass is 9.95. The van der Waals surface area contributed by atoms with Crippen LogP contribution in [0.4, 0.5) is 23.4 Å². The fourth-order valence-corrected chi connectivity index (χ4v) is 5.78. The van der Waals surface area contributed by atoms with Gasteiger partial charge in [0.05, 0.1) is 12.2 Å². The molecule has 1 unspecified atom stereocenters. The SMILES string of the molecule is Nc1ccc(C=CC(=O)NCC2Cc3cc(-c4ccc(C(=S)N5CCC(F)(F)CC5)cn4)cc(-c4ccc(F)cc4F)c3O2)cn1. The Morgan fingerprint density at radius 2 is 1.85 bits per heavy atom. The van der Waals surface area contributed by atoms with E-state index >= 15 is 4.39 Å². The van der Waals surface area contributed by atoms with Crippen LogP contribution in [0.1, 0.15) is 29.5 Å². The number of hydrogen-bond acceptors (Lipinski definition) is 6. The van der Waals surface area contributed by atoms with Gasteiger partial charge in [-0.15, -0.1) is 0 Å². The molecule has 0 aliphatic carbocycles. The predicted octanol–water partition coefficient (Wildman–Crippen LogP) is 6.21. The van der Waals surface area contributed by atoms with Crippen molar-refractivity contribution in [2.75, 3.05) is 25.4 Å². The second-order valence-electron chi connectivity index (χ2n) is 11.3. The smallest absolute Gasteiger partial charge is 0.251 e. The van der Waals surface area contributed by atoms with Crippen molar-refractivity contribution in [3.05, 3.63) is 101 Å². The number of carbonyl (C=O) groups is 1. The van der Waals surface area contributed by atoms with E-state index in [-0.39, 0.29) is 43.9 Å². The highest BCUT2D eigenvalue weighted by Gasteiger charge is 2.35. The molecule has 7 nitrogen and oxygen atoms in total. The fourth-order valence-electron chi connectivity index (χ4n) is 5.47. The first kappa shape index (κ1) is 31.2. The van der Waals surface area contributed by atoms with Crippen LogP contribution in [0.2, 0.25) is 0 Å². The number of nitrogens with one attached hydrogen (secondary N) is 1. The molecule has 6 rings (SSSR count). The van der Waals surface area contributed by atoms with E-state index in [0.717, 1.165) is 11.6 Å². The zero-order valence-corrected chi connectivity index (χ0v) is 25.3. The number of fused-ring (bicyclic) bond motifs is 1. The molecule has 1 amide bonds. The van der Waals surface area contributed by atoms with Crippen molar-refractivity contribution in [2.24, 2.45) is 0 Å². The number of nitrogen functional groups attached to an aromatic ring is 1. The Morgan fingerprint density at radius 1 is 1.04 bits per heavy atom. The highest BCUT2D eigenvalue weighted by atomic mass is 32.1. The van der Waals surface area contributed by atoms with Gasteiger partial charge in [-0.25, -0.2) is 22.5 Å². The quantitative estimate of drug-likeness (QED) is 0.140. The molecule has 2 aliphatic heterocycles. The van der Waals surface area contributed by atoms with Crippen LogP contribution in [0, 0.1) is 11.6 Å². The summed E-state index contributed by atoms with van der Waals surface area (Å²) in [6.07, 6.45) is 5.64. The van der Waals surface area contributed by atoms with Crippen LogP contribution in [-0.4, -0.2) is 57.4 Å². The minimum Gasteiger partial charge on any atom is -0.487 e. The maximum atomic E-state index is 15.1. The van der Waals surface area contributed by atoms with Gasteiger partial charge >= 0.3 is 0 Å². The lowest BCUT2D eigenvalue weighted by molar-refractivity contribution is -0.116. The van der Waals surface area contributed by atoms with Crippen molar-refractivity contribution in [3.63, 3.8) is 0 Å². The molecule has 4 heterocycles. The topological polar surface area (TPSA) is 93.4 Å². The molecule has 46 heavy (non-hydrogen) atoms. The van der Waals surface area contributed by atoms with Gasteiger partial charge in [0.2, 0.25) is 5.91 Å². The standard InChI is InChI=1S/C34H29F4N5O2S/c35-24-4-5-26(28(36)16-24)27-15-22(29-6-3-21(18-40-29)33(46)43-11-9-34(37,38)10-12-43)13-23-14-25(45-32(23)27)19-42-31(44)8-2-20-1-7-30(39)41-17-20/h1-8,13,15-18,25H,9-12,14,19H2,(H2,39,41)(H,42,44). The van der Waals surface area contributed by atoms with Crippen LogP contribution < -0.4 is 15.8 Å². The Hall–Kier alpha value is -4.84. The molecular formula is C34H29F4N5O2S. The number of hydrogen-bond donors (Lipinski definition) is 2. The third-order valence-corrected chi connectivity index (χ3v) is 8.44. The maximum absolute atomic E-state index is 15.1. The Balaban J connectivity index is 1.21. The Bertz CT molecular complexity index is 1810. The summed E-state index contributed by atoms with van der Waals surface area (Å²) >= 11 is 5.56. The zero-order valence-electron chi connectivity index (χ0n) is 24.5. The number of nitrogens with zero attached hydrogens (tertiary/aromatic N) is 3. The van der Waals surface area contributed by atoms with Gasteiger partial charge < -0.3 is 20.7 Å². The van der Waals surface area contributed by atoms with E-state index in [1.165, 1.54) is 18.2 Å². The largest absolute Gasteiger partial charge is 0.487 e. The van der Waals surface area contributed by atoms with Crippen LogP contribution in [0.5, 0.6) is 5.75 Å². The number of rotatable bonds is 7. The molecular weight excluding hydrogens is 618 g/mol. The van der Waals surface area contributed by atoms with E-state index in [4.69, 9.17) is 22.7 Å². The molecule has 1 saturated heterocycles. The zero-order chi connectivity index (χ0) is 32.4. The number of anilines is 1. The number of amides is 1. The molecule has 0 bridgehead atoms. The molecule has 12 heteroatoms. The molecule has 2 aromatic carbocycles. The average Bonchev–Trinajstić information content (AvgIpc) is 3.46. The first-order valence-electron chi connectivity index (χ1n) is 14.6. The summed E-state index contributed by atoms with van der Waals surface area (Å²) in [4.78, 5) is 23.3. The van der Waals surface area contributed by atoms with Crippen LogP contribution >= 0.6 is 12.2 Å². The van der Waals surface area contributed by atoms with Crippen molar-refractivity contribution < 1.29 is 27.1 Å². The lowest BCUT2D eigenvalue weighted by Crippen LogP contribution is -2.42. The Kier molecular flexibility index (Phi) is 8.72. The molecule has 1 fully saturated rings. The van der Waals surface area contributed by atoms with Crippen LogP contribution in [0.3, 0.4) is 0 Å². The summed E-state index contributed by atoms with van der Waals surface area (Å²) in [5.41, 5.74) is 9.54. The number of carbonyl (C=O) groups excluding carboxylic acids is 1. The van der Waals surface area contributed by atoms with Gasteiger partial charge in [0.25, 0.3) is 5.92 Å². The molecule has 0 spiro atoms. The monoisotopic (exact) mass is 647 g/mol. The van der Waals surface area contributed by atoms with Crippen LogP contribution in [-0.2, 0) is 11.2 Å². The number of benzene rings is 2. The number of likely N-dealkylation sites (tertiary alicyclic amines) is 1. The number of alkyl halides is 2. The summed E-state index contributed by atoms with van der Waals surface area (Å²) in [5, 5.41) is 2.82. The third kappa shape index (κ3) is 7.02. The van der Waals surface area contributed by atoms with E-state index in [1.54, 1.807) is 53.7 Å². The average molecular weight is 648 g/mol. The van der Waals surface area contributed by atoms with E-state index in [1.807, 2.05) is 6.07 Å². The second kappa shape index (κ2) is 12.9. The molecule has 4 aromatic rings. The summed E-state index contributed by atoms with van der Waals surface area (Å²) in [6, 6.07) is 13.9. The van der Waals surface area contributed by atoms with E-state index in [2.05, 4.69) is 15.3 Å². The van der Waals surface area contributed by atoms with Crippen molar-refractivity contribution in [1.82, 2.24) is 20.2 Å². The second-order valence-corrected chi connectivity index (χ2v) is 11.6. The molecule has 1 atom stereocenters. The molecule has 0 saturated carbocycles. The first-order chi connectivity index (χ1) is 22.0. The van der Waals surface area contributed by atoms with Gasteiger partial charge in [-0.05, 0) is 65.7 Å². The van der Waals surface area contributed by atoms with Gasteiger partial charge in [0, 0.05) is 79.1 Å². The molecule has 3 N–H and O–H groups in total. The van der Waals surface area contributed by atoms with E-state index in [0.29, 0.717) is 50.9 Å². The Morgan fingerprint density at radius 3 is 2.54 bits per heavy atom. The van der Waals surface area contributed by atoms with Gasteiger partial charge in [-0.1, -0.05) is 12.2 Å². The van der Waals surface area contributed by atoms with Crippen molar-refractivity contribution >= 4 is 35.0 Å². The van der Waals surface area contributed by atoms with E-state index in [9.17, 15) is 18.0 Å². The summed E-state index contributed by atoms with van der Waals surface area (Å²) in [5.74, 6) is -3.64. The maximum Gasteiger partial charge on any atom is 0.251 e. The normalized spacial score (nSPS) is 17.0. The minimum atomic E-state index is -2.68. The minimum absolute atomic E-state index is 0.156. The van der Waals surface area contributed by atoms with Gasteiger partial charge in [0.15, 0.2) is 0 Å². The van der Waals surface area contributed by atoms with Crippen molar-refractivity contribution in [3.8, 4) is 28.1 Å². The van der Waals surface area contributed by atoms with Gasteiger partial charge in [-0.2, -0.15) is 0 Å². The van der Waals surface area contributed by atoms with Crippen molar-refractivity contribution in [1.29, 1.82) is 0 Å². The number of pyridine rings is 2. The molecule has 0 radical (unpaired) electrons. The lowest BCUT2D eigenvalue weighted by Gasteiger charge is -2.33. The number of piperidine rings is 1. The molecule has 2 aliphatic rings. The molecule has 236 valence electrons. The number of halogens is 4. The third-order valence-electron chi connectivity index (χ3n) is 7.95. The summed E-state index contributed by atoms with van der Waals surface area (Å²) in [7, 11) is 0. The Labute approximate surface area is 268 Å². The van der Waals surface area contributed by atoms with Crippen molar-refractivity contribution in [2.45, 2.75) is 31.3 Å². The van der Waals surface area contributed by atoms with Gasteiger partial charge in [0.1, 0.15) is 34.3 Å². The summed E-state index contributed by atoms with van der Waals surface area (Å²) in [6.45, 7) is 0.525. The fraction of sp³-hybridized carbons (Fsp3) is 0.235. The van der Waals surface area contributed by atoms with E-state index < -0.39 is 23.7 Å². The first-order valence-corrected chi connectivity index (χ1v) is 15.1. The summed E-state index contributed by atoms with van der Waals surface area (Å²) < 4.78 is 62.3. The number of ether oxygens (including phenoxy) is 1. The number of aromatic nitrogens is 2.